The van der Waals surface area contributed by atoms with Crippen LogP contribution in [0.25, 0.3) is 33.5 Å². The van der Waals surface area contributed by atoms with Crippen LogP contribution in [0.15, 0.2) is 190 Å². The maximum Gasteiger partial charge on any atom is 0.272 e. The zero-order valence-electron chi connectivity index (χ0n) is 57.7. The smallest absolute Gasteiger partial charge is 0.272 e. The zero-order chi connectivity index (χ0) is 72.1. The van der Waals surface area contributed by atoms with E-state index in [0.29, 0.717) is 165 Å². The van der Waals surface area contributed by atoms with Crippen LogP contribution < -0.4 is 30.8 Å². The molecule has 103 heavy (non-hydrogen) atoms. The lowest BCUT2D eigenvalue weighted by Crippen LogP contribution is -2.19. The number of hydrogen-bond acceptors (Lipinski definition) is 26. The van der Waals surface area contributed by atoms with E-state index in [9.17, 15) is 13.7 Å². The summed E-state index contributed by atoms with van der Waals surface area (Å²) in [4.78, 5) is 41.5. The second-order valence-corrected chi connectivity index (χ2v) is 31.8. The van der Waals surface area contributed by atoms with E-state index in [2.05, 4.69) is 78.3 Å². The van der Waals surface area contributed by atoms with E-state index in [1.807, 2.05) is 101 Å². The number of anilines is 3. The van der Waals surface area contributed by atoms with Crippen LogP contribution in [-0.4, -0.2) is 156 Å². The normalized spacial score (nSPS) is 14.7. The van der Waals surface area contributed by atoms with Crippen molar-refractivity contribution < 1.29 is 55.7 Å². The Bertz CT molecular complexity index is 4580. The minimum atomic E-state index is -3.14. The lowest BCUT2D eigenvalue weighted by molar-refractivity contribution is 0.0824. The van der Waals surface area contributed by atoms with Gasteiger partial charge in [0, 0.05) is 62.5 Å². The monoisotopic (exact) mass is 1460 g/mol. The van der Waals surface area contributed by atoms with E-state index in [1.165, 1.54) is 24.6 Å². The summed E-state index contributed by atoms with van der Waals surface area (Å²) in [5.41, 5.74) is 24.3. The summed E-state index contributed by atoms with van der Waals surface area (Å²) in [6.45, 7) is 10.0. The van der Waals surface area contributed by atoms with Crippen molar-refractivity contribution in [1.29, 1.82) is 0 Å². The van der Waals surface area contributed by atoms with Crippen molar-refractivity contribution in [3.63, 3.8) is 0 Å². The molecule has 12 rings (SSSR count). The Morgan fingerprint density at radius 1 is 0.476 bits per heavy atom. The number of para-hydroxylation sites is 3. The first-order chi connectivity index (χ1) is 50.1. The Balaban J connectivity index is 0.000000166. The number of ether oxygens (including phenoxy) is 6. The van der Waals surface area contributed by atoms with Gasteiger partial charge < -0.3 is 72.9 Å². The number of nitrogens with two attached hydrogens (primary N) is 3. The number of aromatic amines is 1. The molecular weight excluding hydrogens is 1380 g/mol. The van der Waals surface area contributed by atoms with Crippen molar-refractivity contribution >= 4 is 73.1 Å². The number of benzene rings is 3. The minimum Gasteiger partial charge on any atom is -0.441 e. The van der Waals surface area contributed by atoms with E-state index in [0.717, 1.165) is 17.5 Å². The Morgan fingerprint density at radius 3 is 1.21 bits per heavy atom. The highest BCUT2D eigenvalue weighted by atomic mass is 31.2. The fourth-order valence-electron chi connectivity index (χ4n) is 10.5. The zero-order valence-corrected chi connectivity index (χ0v) is 60.4. The number of fused-ring (bicyclic) bond motifs is 3. The molecule has 0 saturated heterocycles. The van der Waals surface area contributed by atoms with Crippen molar-refractivity contribution in [3.8, 4) is 17.2 Å². The van der Waals surface area contributed by atoms with Gasteiger partial charge in [0.25, 0.3) is 22.1 Å². The molecule has 0 bridgehead atoms. The molecule has 30 nitrogen and oxygen atoms in total. The molecule has 33 heteroatoms. The topological polar surface area (TPSA) is 385 Å². The first kappa shape index (κ1) is 76.0. The number of imidazole rings is 3. The molecule has 11 aromatic rings. The summed E-state index contributed by atoms with van der Waals surface area (Å²) in [5, 5.41) is 6.64. The van der Waals surface area contributed by atoms with Gasteiger partial charge in [-0.2, -0.15) is 5.10 Å². The molecule has 8 aromatic heterocycles. The third-order valence-corrected chi connectivity index (χ3v) is 21.9. The molecule has 8 heterocycles. The van der Waals surface area contributed by atoms with Crippen molar-refractivity contribution in [3.05, 3.63) is 201 Å². The Labute approximate surface area is 596 Å². The molecule has 3 aromatic carbocycles. The van der Waals surface area contributed by atoms with Crippen molar-refractivity contribution in [2.24, 2.45) is 0 Å². The van der Waals surface area contributed by atoms with Gasteiger partial charge in [-0.3, -0.25) is 23.8 Å². The number of nitrogens with zero attached hydrogens (tertiary/aromatic N) is 14. The molecule has 3 unspecified atom stereocenters. The van der Waals surface area contributed by atoms with Gasteiger partial charge in [0.15, 0.2) is 34.4 Å². The number of nitrogen functional groups attached to an aromatic ring is 3. The number of nitrogens with one attached hydrogen (secondary N) is 1. The summed E-state index contributed by atoms with van der Waals surface area (Å²) in [7, 11) is -9.38. The molecule has 0 spiro atoms. The maximum absolute atomic E-state index is 13.7. The van der Waals surface area contributed by atoms with Gasteiger partial charge in [0.1, 0.15) is 71.8 Å². The summed E-state index contributed by atoms with van der Waals surface area (Å²) < 4.78 is 99.5. The molecule has 1 aliphatic carbocycles. The molecular formula is C70H87N18O12P3. The van der Waals surface area contributed by atoms with Crippen LogP contribution in [0.3, 0.4) is 0 Å². The van der Waals surface area contributed by atoms with Crippen LogP contribution in [0.2, 0.25) is 0 Å². The molecule has 1 aliphatic rings. The second kappa shape index (κ2) is 38.6. The molecule has 0 fully saturated rings. The van der Waals surface area contributed by atoms with Gasteiger partial charge in [0.2, 0.25) is 0 Å². The first-order valence-corrected chi connectivity index (χ1v) is 39.6. The highest BCUT2D eigenvalue weighted by molar-refractivity contribution is 7.59. The molecule has 0 radical (unpaired) electrons. The van der Waals surface area contributed by atoms with Crippen LogP contribution in [0, 0.1) is 0 Å². The molecule has 0 amide bonds. The lowest BCUT2D eigenvalue weighted by Gasteiger charge is -2.22. The Kier molecular flexibility index (Phi) is 28.5. The first-order valence-electron chi connectivity index (χ1n) is 33.6. The third-order valence-electron chi connectivity index (χ3n) is 15.7. The Morgan fingerprint density at radius 2 is 0.854 bits per heavy atom. The van der Waals surface area contributed by atoms with Crippen molar-refractivity contribution in [2.45, 2.75) is 97.6 Å². The number of pyridine rings is 1. The van der Waals surface area contributed by atoms with E-state index in [4.69, 9.17) is 59.2 Å². The van der Waals surface area contributed by atoms with Crippen LogP contribution >= 0.6 is 22.1 Å². The van der Waals surface area contributed by atoms with Crippen molar-refractivity contribution in [1.82, 2.24) is 73.7 Å². The van der Waals surface area contributed by atoms with E-state index in [1.54, 1.807) is 80.2 Å². The molecule has 6 atom stereocenters. The summed E-state index contributed by atoms with van der Waals surface area (Å²) in [6.07, 6.45) is 25.4. The maximum atomic E-state index is 13.7. The largest absolute Gasteiger partial charge is 0.441 e. The fraction of sp³-hybridized carbons (Fsp3) is 0.357. The molecule has 0 saturated carbocycles. The standard InChI is InChI=1S/C24H29N6O4P.C24H30N5O4P.C22H28N7O4P/c1-19(14-30-17-29-22-23(25)27-16-28-24(22)30)33-18-35(31,34-21-6-3-2-4-7-21)13-5-12-32-15-20-8-10-26-11-9-20;1-19(14-29-17-28-22-23(25)26-16-27-24(22)29)32-18-34(30,33-21-10-3-2-4-11-21)13-7-12-31-15-20-8-5-6-9-20;1-17(12-29-15-26-20-21(23)24-14-25-22(20)29)32-16-34(30,33-19-6-3-2-4-7-19)9-5-8-31-13-18-10-27-28-11-18/h2-4,6-11,16-17,19H,5,12-15,18H2,1H3,(H2,25,27,28);2-5,8-11,16-17,19H,6-7,12-15,18H2,1H3,(H2,25,26,27);2-4,6-7,10-11,14-15,17H,5,8-9,12-13,16H2,1H3,(H,27,28)(H2,23,24,25)/t19-,35?;19-,34?;17-,34?/m111/s1. The summed E-state index contributed by atoms with van der Waals surface area (Å²) in [6, 6.07) is 31.3. The predicted molar refractivity (Wildman–Crippen MR) is 393 cm³/mol. The minimum absolute atomic E-state index is 0.000699. The third kappa shape index (κ3) is 24.0. The average Bonchev–Trinajstić information content (AvgIpc) is 1.70. The number of aromatic nitrogens is 15. The number of rotatable bonds is 39. The molecule has 544 valence electrons. The second-order valence-electron chi connectivity index (χ2n) is 24.2. The number of allylic oxidation sites excluding steroid dienone is 2. The van der Waals surface area contributed by atoms with Gasteiger partial charge in [0.05, 0.1) is 82.9 Å². The summed E-state index contributed by atoms with van der Waals surface area (Å²) in [5.74, 6) is 2.66. The van der Waals surface area contributed by atoms with Gasteiger partial charge in [-0.15, -0.1) is 0 Å². The van der Waals surface area contributed by atoms with Crippen LogP contribution in [-0.2, 0) is 75.0 Å². The SMILES string of the molecule is C[C@H](Cn1cnc2c(N)ncnc21)OCP(=O)(CCCOCC1=CCC=C1)Oc1ccccc1.C[C@H](Cn1cnc2c(N)ncnc21)OCP(=O)(CCCOCc1ccncc1)Oc1ccccc1.C[C@H](Cn1cnc2c(N)ncnc21)OCP(=O)(CCCOCc1cn[nH]c1)Oc1ccccc1. The van der Waals surface area contributed by atoms with Gasteiger partial charge in [-0.1, -0.05) is 72.8 Å². The highest BCUT2D eigenvalue weighted by Gasteiger charge is 2.30. The van der Waals surface area contributed by atoms with Gasteiger partial charge in [-0.05, 0) is 106 Å². The lowest BCUT2D eigenvalue weighted by atomic mass is 10.3. The van der Waals surface area contributed by atoms with Gasteiger partial charge >= 0.3 is 0 Å². The molecule has 0 aliphatic heterocycles. The molecule has 7 N–H and O–H groups in total. The number of H-pyrrole nitrogens is 1. The number of hydrogen-bond donors (Lipinski definition) is 4. The van der Waals surface area contributed by atoms with E-state index >= 15 is 0 Å². The van der Waals surface area contributed by atoms with Crippen LogP contribution in [0.4, 0.5) is 17.5 Å². The highest BCUT2D eigenvalue weighted by Crippen LogP contribution is 2.50. The quantitative estimate of drug-likeness (QED) is 0.0205. The van der Waals surface area contributed by atoms with E-state index < -0.39 is 22.1 Å². The average molecular weight is 1470 g/mol. The van der Waals surface area contributed by atoms with Crippen molar-refractivity contribution in [2.75, 3.05) is 81.2 Å². The van der Waals surface area contributed by atoms with Gasteiger partial charge in [-0.25, -0.2) is 44.9 Å². The Hall–Kier alpha value is -9.60. The predicted octanol–water partition coefficient (Wildman–Crippen LogP) is 12.0. The summed E-state index contributed by atoms with van der Waals surface area (Å²) >= 11 is 0. The fourth-order valence-corrected chi connectivity index (χ4v) is 16.1. The van der Waals surface area contributed by atoms with Crippen LogP contribution in [0.1, 0.15) is 57.6 Å². The van der Waals surface area contributed by atoms with Crippen LogP contribution in [0.5, 0.6) is 17.2 Å². The van der Waals surface area contributed by atoms with E-state index in [-0.39, 0.29) is 37.4 Å².